The van der Waals surface area contributed by atoms with Crippen molar-refractivity contribution in [3.63, 3.8) is 0 Å². The highest BCUT2D eigenvalue weighted by atomic mass is 16.7. The first-order valence-electron chi connectivity index (χ1n) is 3.46. The van der Waals surface area contributed by atoms with Crippen LogP contribution in [0.5, 0.6) is 0 Å². The monoisotopic (exact) mass is 173 g/mol. The van der Waals surface area contributed by atoms with Gasteiger partial charge in [-0.1, -0.05) is 13.5 Å². The van der Waals surface area contributed by atoms with E-state index >= 15 is 0 Å². The smallest absolute Gasteiger partial charge is 0.440 e. The molecule has 5 nitrogen and oxygen atoms in total. The van der Waals surface area contributed by atoms with Crippen LogP contribution in [0.1, 0.15) is 13.3 Å². The second-order valence-corrected chi connectivity index (χ2v) is 1.86. The molecule has 1 N–H and O–H groups in total. The number of hydroxylamine groups is 1. The van der Waals surface area contributed by atoms with Crippen LogP contribution in [0.15, 0.2) is 12.7 Å². The number of carbonyl (C=O) groups is 2. The van der Waals surface area contributed by atoms with Crippen LogP contribution in [-0.2, 0) is 14.4 Å². The van der Waals surface area contributed by atoms with E-state index in [2.05, 4.69) is 16.2 Å². The summed E-state index contributed by atoms with van der Waals surface area (Å²) in [5, 5.41) is 0. The lowest BCUT2D eigenvalue weighted by atomic mass is 10.5. The molecule has 12 heavy (non-hydrogen) atoms. The lowest BCUT2D eigenvalue weighted by Gasteiger charge is -2.03. The van der Waals surface area contributed by atoms with Crippen molar-refractivity contribution in [3.05, 3.63) is 12.7 Å². The van der Waals surface area contributed by atoms with Gasteiger partial charge in [0.1, 0.15) is 0 Å². The number of nitrogens with one attached hydrogen (secondary N) is 1. The molecule has 0 bridgehead atoms. The summed E-state index contributed by atoms with van der Waals surface area (Å²) >= 11 is 0. The van der Waals surface area contributed by atoms with Crippen molar-refractivity contribution < 1.29 is 19.2 Å². The summed E-state index contributed by atoms with van der Waals surface area (Å²) in [4.78, 5) is 25.1. The fourth-order valence-corrected chi connectivity index (χ4v) is 0.358. The first-order valence-corrected chi connectivity index (χ1v) is 3.46. The molecule has 0 saturated carbocycles. The Bertz CT molecular complexity index is 178. The van der Waals surface area contributed by atoms with Gasteiger partial charge in [0.2, 0.25) is 0 Å². The third-order valence-corrected chi connectivity index (χ3v) is 0.839. The predicted molar refractivity (Wildman–Crippen MR) is 41.1 cm³/mol. The maximum absolute atomic E-state index is 10.6. The molecule has 0 aliphatic rings. The van der Waals surface area contributed by atoms with Crippen molar-refractivity contribution in [2.45, 2.75) is 13.3 Å². The number of amides is 1. The predicted octanol–water partition coefficient (Wildman–Crippen LogP) is 0.767. The van der Waals surface area contributed by atoms with Gasteiger partial charge in [0.25, 0.3) is 0 Å². The first kappa shape index (κ1) is 10.5. The zero-order chi connectivity index (χ0) is 9.40. The van der Waals surface area contributed by atoms with Crippen LogP contribution in [0.25, 0.3) is 0 Å². The van der Waals surface area contributed by atoms with Gasteiger partial charge >= 0.3 is 12.1 Å². The molecule has 0 fully saturated rings. The Kier molecular flexibility index (Phi) is 5.42. The Balaban J connectivity index is 3.43. The van der Waals surface area contributed by atoms with Gasteiger partial charge in [-0.25, -0.2) is 9.59 Å². The Morgan fingerprint density at radius 1 is 1.58 bits per heavy atom. The van der Waals surface area contributed by atoms with E-state index in [1.165, 1.54) is 0 Å². The minimum Gasteiger partial charge on any atom is -0.447 e. The number of ether oxygens (including phenoxy) is 1. The van der Waals surface area contributed by atoms with Crippen molar-refractivity contribution in [1.82, 2.24) is 5.48 Å². The molecule has 68 valence electrons. The van der Waals surface area contributed by atoms with Crippen molar-refractivity contribution in [1.29, 1.82) is 0 Å². The van der Waals surface area contributed by atoms with Crippen LogP contribution < -0.4 is 5.48 Å². The summed E-state index contributed by atoms with van der Waals surface area (Å²) in [5.41, 5.74) is 1.79. The van der Waals surface area contributed by atoms with E-state index in [9.17, 15) is 9.59 Å². The van der Waals surface area contributed by atoms with Gasteiger partial charge in [0, 0.05) is 6.08 Å². The summed E-state index contributed by atoms with van der Waals surface area (Å²) in [6, 6.07) is 0. The standard InChI is InChI=1S/C7H11NO4/c1-3-5-11-7(10)8-12-6(9)4-2/h4H,2-3,5H2,1H3,(H,8,10). The molecule has 0 spiro atoms. The van der Waals surface area contributed by atoms with E-state index in [-0.39, 0.29) is 6.61 Å². The SMILES string of the molecule is C=CC(=O)ONC(=O)OCCC. The van der Waals surface area contributed by atoms with E-state index in [0.717, 1.165) is 6.08 Å². The summed E-state index contributed by atoms with van der Waals surface area (Å²) < 4.78 is 4.52. The molecule has 0 aliphatic carbocycles. The first-order chi connectivity index (χ1) is 5.70. The molecule has 0 atom stereocenters. The Hall–Kier alpha value is -1.52. The van der Waals surface area contributed by atoms with Crippen LogP contribution in [0.3, 0.4) is 0 Å². The number of hydrogen-bond acceptors (Lipinski definition) is 4. The molecule has 5 heteroatoms. The van der Waals surface area contributed by atoms with Crippen molar-refractivity contribution in [2.24, 2.45) is 0 Å². The fraction of sp³-hybridized carbons (Fsp3) is 0.429. The van der Waals surface area contributed by atoms with Gasteiger partial charge < -0.3 is 9.57 Å². The molecule has 0 rings (SSSR count). The van der Waals surface area contributed by atoms with Gasteiger partial charge in [0.15, 0.2) is 0 Å². The molecule has 0 saturated heterocycles. The van der Waals surface area contributed by atoms with E-state index in [4.69, 9.17) is 0 Å². The van der Waals surface area contributed by atoms with Gasteiger partial charge in [-0.2, -0.15) is 0 Å². The lowest BCUT2D eigenvalue weighted by Crippen LogP contribution is -2.27. The zero-order valence-corrected chi connectivity index (χ0v) is 6.83. The third kappa shape index (κ3) is 5.28. The summed E-state index contributed by atoms with van der Waals surface area (Å²) in [7, 11) is 0. The normalized spacial score (nSPS) is 8.42. The van der Waals surface area contributed by atoms with Crippen molar-refractivity contribution >= 4 is 12.1 Å². The molecule has 0 aromatic heterocycles. The van der Waals surface area contributed by atoms with E-state index in [1.54, 1.807) is 5.48 Å². The number of carbonyl (C=O) groups excluding carboxylic acids is 2. The second-order valence-electron chi connectivity index (χ2n) is 1.86. The largest absolute Gasteiger partial charge is 0.447 e. The van der Waals surface area contributed by atoms with Gasteiger partial charge in [0.05, 0.1) is 6.61 Å². The highest BCUT2D eigenvalue weighted by Crippen LogP contribution is 1.82. The van der Waals surface area contributed by atoms with E-state index in [0.29, 0.717) is 6.42 Å². The van der Waals surface area contributed by atoms with E-state index < -0.39 is 12.1 Å². The molecule has 0 radical (unpaired) electrons. The lowest BCUT2D eigenvalue weighted by molar-refractivity contribution is -0.143. The highest BCUT2D eigenvalue weighted by Gasteiger charge is 2.02. The molecule has 1 amide bonds. The average Bonchev–Trinajstić information content (AvgIpc) is 2.10. The minimum absolute atomic E-state index is 0.289. The molecule has 0 unspecified atom stereocenters. The quantitative estimate of drug-likeness (QED) is 0.505. The van der Waals surface area contributed by atoms with Crippen LogP contribution in [0.4, 0.5) is 4.79 Å². The second kappa shape index (κ2) is 6.21. The van der Waals surface area contributed by atoms with Crippen LogP contribution >= 0.6 is 0 Å². The Morgan fingerprint density at radius 2 is 2.25 bits per heavy atom. The zero-order valence-electron chi connectivity index (χ0n) is 6.83. The summed E-state index contributed by atoms with van der Waals surface area (Å²) in [6.07, 6.45) is 0.857. The van der Waals surface area contributed by atoms with Crippen LogP contribution in [0.2, 0.25) is 0 Å². The van der Waals surface area contributed by atoms with Gasteiger partial charge in [-0.15, -0.1) is 5.48 Å². The molecule has 0 heterocycles. The van der Waals surface area contributed by atoms with Crippen molar-refractivity contribution in [2.75, 3.05) is 6.61 Å². The highest BCUT2D eigenvalue weighted by molar-refractivity contribution is 5.82. The van der Waals surface area contributed by atoms with Crippen molar-refractivity contribution in [3.8, 4) is 0 Å². The van der Waals surface area contributed by atoms with Crippen LogP contribution in [0, 0.1) is 0 Å². The number of rotatable bonds is 3. The fourth-order valence-electron chi connectivity index (χ4n) is 0.358. The molecular formula is C7H11NO4. The summed E-state index contributed by atoms with van der Waals surface area (Å²) in [5.74, 6) is -0.733. The topological polar surface area (TPSA) is 64.6 Å². The third-order valence-electron chi connectivity index (χ3n) is 0.839. The molecular weight excluding hydrogens is 162 g/mol. The average molecular weight is 173 g/mol. The molecule has 0 aliphatic heterocycles. The Labute approximate surface area is 70.3 Å². The maximum atomic E-state index is 10.6. The molecule has 0 aromatic carbocycles. The Morgan fingerprint density at radius 3 is 2.75 bits per heavy atom. The molecule has 0 aromatic rings. The summed E-state index contributed by atoms with van der Waals surface area (Å²) in [6.45, 7) is 5.27. The van der Waals surface area contributed by atoms with E-state index in [1.807, 2.05) is 6.92 Å². The van der Waals surface area contributed by atoms with Gasteiger partial charge in [-0.05, 0) is 6.42 Å². The minimum atomic E-state index is -0.785. The van der Waals surface area contributed by atoms with Crippen LogP contribution in [-0.4, -0.2) is 18.7 Å². The van der Waals surface area contributed by atoms with Gasteiger partial charge in [-0.3, -0.25) is 0 Å². The maximum Gasteiger partial charge on any atom is 0.440 e. The number of hydrogen-bond donors (Lipinski definition) is 1.